The van der Waals surface area contributed by atoms with Crippen molar-refractivity contribution < 1.29 is 9.84 Å². The van der Waals surface area contributed by atoms with Crippen LogP contribution < -0.4 is 4.74 Å². The molecule has 8 aromatic rings. The van der Waals surface area contributed by atoms with Crippen LogP contribution in [-0.4, -0.2) is 21.4 Å². The summed E-state index contributed by atoms with van der Waals surface area (Å²) in [4.78, 5) is 0. The zero-order chi connectivity index (χ0) is 36.3. The molecule has 1 N–H and O–H groups in total. The molecule has 0 aliphatic rings. The summed E-state index contributed by atoms with van der Waals surface area (Å²) in [6, 6.07) is 53.7. The van der Waals surface area contributed by atoms with Crippen LogP contribution in [0.15, 0.2) is 158 Å². The first kappa shape index (κ1) is 33.0. The molecule has 0 bridgehead atoms. The minimum absolute atomic E-state index is 0.232. The molecule has 0 saturated heterocycles. The van der Waals surface area contributed by atoms with E-state index in [1.165, 1.54) is 11.1 Å². The van der Waals surface area contributed by atoms with Crippen LogP contribution in [0.3, 0.4) is 0 Å². The summed E-state index contributed by atoms with van der Waals surface area (Å²) >= 11 is 0. The molecular weight excluding hydrogens is 649 g/mol. The number of aromatic nitrogens is 2. The Morgan fingerprint density at radius 2 is 0.774 bits per heavy atom. The number of benzene rings is 6. The van der Waals surface area contributed by atoms with Crippen LogP contribution in [0.5, 0.6) is 11.5 Å². The van der Waals surface area contributed by atoms with E-state index in [4.69, 9.17) is 4.74 Å². The second kappa shape index (κ2) is 14.2. The summed E-state index contributed by atoms with van der Waals surface area (Å²) in [5.74, 6) is 14.1. The number of rotatable bonds is 5. The number of phenols is 1. The molecule has 2 heterocycles. The predicted molar refractivity (Wildman–Crippen MR) is 216 cm³/mol. The number of fused-ring (bicyclic) bond motifs is 1. The Balaban J connectivity index is 1.23. The number of phenolic OH excluding ortho intramolecular Hbond substituents is 1. The first-order chi connectivity index (χ1) is 25.9. The number of ether oxygens (including phenoxy) is 1. The highest BCUT2D eigenvalue weighted by atomic mass is 16.5. The number of hydrogen-bond acceptors (Lipinski definition) is 2. The van der Waals surface area contributed by atoms with Crippen LogP contribution in [-0.2, 0) is 0 Å². The van der Waals surface area contributed by atoms with E-state index in [0.29, 0.717) is 0 Å². The van der Waals surface area contributed by atoms with Gasteiger partial charge in [-0.15, -0.1) is 0 Å². The molecular formula is C49H36N2O2. The molecule has 0 radical (unpaired) electrons. The fourth-order valence-corrected chi connectivity index (χ4v) is 6.48. The summed E-state index contributed by atoms with van der Waals surface area (Å²) in [5, 5.41) is 9.62. The quantitative estimate of drug-likeness (QED) is 0.183. The van der Waals surface area contributed by atoms with Crippen molar-refractivity contribution in [3.8, 4) is 69.1 Å². The number of nitrogens with zero attached hydrogens (tertiary/aromatic N) is 2. The van der Waals surface area contributed by atoms with Crippen LogP contribution >= 0.6 is 0 Å². The highest BCUT2D eigenvalue weighted by Crippen LogP contribution is 2.39. The smallest absolute Gasteiger partial charge is 0.118 e. The van der Waals surface area contributed by atoms with Crippen molar-refractivity contribution in [2.75, 3.05) is 7.11 Å². The summed E-state index contributed by atoms with van der Waals surface area (Å²) < 4.78 is 10.00. The third-order valence-corrected chi connectivity index (χ3v) is 9.38. The second-order valence-electron chi connectivity index (χ2n) is 13.1. The normalized spacial score (nSPS) is 10.7. The molecule has 254 valence electrons. The lowest BCUT2D eigenvalue weighted by Gasteiger charge is -2.12. The van der Waals surface area contributed by atoms with E-state index in [9.17, 15) is 5.11 Å². The van der Waals surface area contributed by atoms with Gasteiger partial charge in [0.1, 0.15) is 11.5 Å². The van der Waals surface area contributed by atoms with Crippen molar-refractivity contribution >= 4 is 11.0 Å². The van der Waals surface area contributed by atoms with Crippen LogP contribution in [0.1, 0.15) is 33.4 Å². The fraction of sp³-hybridized carbons (Fsp3) is 0.0612. The second-order valence-corrected chi connectivity index (χ2v) is 13.1. The Labute approximate surface area is 310 Å². The van der Waals surface area contributed by atoms with Crippen LogP contribution in [0.4, 0.5) is 0 Å². The number of hydrogen-bond donors (Lipinski definition) is 1. The van der Waals surface area contributed by atoms with Crippen molar-refractivity contribution in [2.24, 2.45) is 0 Å². The lowest BCUT2D eigenvalue weighted by atomic mass is 10.1. The van der Waals surface area contributed by atoms with E-state index in [1.807, 2.05) is 36.4 Å². The van der Waals surface area contributed by atoms with Gasteiger partial charge in [0.2, 0.25) is 0 Å². The van der Waals surface area contributed by atoms with E-state index in [0.717, 1.165) is 72.9 Å². The molecule has 0 saturated carbocycles. The lowest BCUT2D eigenvalue weighted by Crippen LogP contribution is -1.97. The lowest BCUT2D eigenvalue weighted by molar-refractivity contribution is 0.415. The SMILES string of the molecule is COc1ccc(C#Cc2ccc(-c3cc4c(cc(-c5ccc(C#Cc6ccc(O)cc6)cc5)n4-c4ccc(C)cc4)n3-c3ccc(C)cc3)cc2)cc1. The van der Waals surface area contributed by atoms with Crippen LogP contribution in [0, 0.1) is 37.5 Å². The Morgan fingerprint density at radius 3 is 1.13 bits per heavy atom. The molecule has 2 aromatic heterocycles. The molecule has 0 aliphatic carbocycles. The molecule has 53 heavy (non-hydrogen) atoms. The Kier molecular flexibility index (Phi) is 8.87. The maximum Gasteiger partial charge on any atom is 0.118 e. The average molecular weight is 685 g/mol. The maximum absolute atomic E-state index is 9.62. The number of methoxy groups -OCH3 is 1. The first-order valence-corrected chi connectivity index (χ1v) is 17.5. The zero-order valence-corrected chi connectivity index (χ0v) is 29.8. The van der Waals surface area contributed by atoms with Gasteiger partial charge in [-0.2, -0.15) is 0 Å². The molecule has 0 aliphatic heterocycles. The van der Waals surface area contributed by atoms with Gasteiger partial charge in [0, 0.05) is 33.6 Å². The molecule has 0 atom stereocenters. The minimum atomic E-state index is 0.232. The van der Waals surface area contributed by atoms with Crippen molar-refractivity contribution in [1.29, 1.82) is 0 Å². The predicted octanol–water partition coefficient (Wildman–Crippen LogP) is 10.9. The van der Waals surface area contributed by atoms with Gasteiger partial charge in [0.25, 0.3) is 0 Å². The fourth-order valence-electron chi connectivity index (χ4n) is 6.48. The number of aryl methyl sites for hydroxylation is 2. The first-order valence-electron chi connectivity index (χ1n) is 17.5. The van der Waals surface area contributed by atoms with Gasteiger partial charge >= 0.3 is 0 Å². The zero-order valence-electron chi connectivity index (χ0n) is 29.8. The largest absolute Gasteiger partial charge is 0.508 e. The van der Waals surface area contributed by atoms with Gasteiger partial charge in [-0.1, -0.05) is 83.3 Å². The van der Waals surface area contributed by atoms with E-state index in [1.54, 1.807) is 19.2 Å². The topological polar surface area (TPSA) is 39.3 Å². The van der Waals surface area contributed by atoms with Crippen LogP contribution in [0.2, 0.25) is 0 Å². The third kappa shape index (κ3) is 6.95. The summed E-state index contributed by atoms with van der Waals surface area (Å²) in [5.41, 5.74) is 14.9. The van der Waals surface area contributed by atoms with Crippen molar-refractivity contribution in [3.63, 3.8) is 0 Å². The Morgan fingerprint density at radius 1 is 0.434 bits per heavy atom. The van der Waals surface area contributed by atoms with Gasteiger partial charge in [0.05, 0.1) is 29.5 Å². The molecule has 0 fully saturated rings. The summed E-state index contributed by atoms with van der Waals surface area (Å²) in [6.45, 7) is 4.23. The van der Waals surface area contributed by atoms with E-state index in [-0.39, 0.29) is 5.75 Å². The molecule has 4 heteroatoms. The molecule has 0 spiro atoms. The molecule has 0 unspecified atom stereocenters. The monoisotopic (exact) mass is 684 g/mol. The Hall–Kier alpha value is -7.14. The van der Waals surface area contributed by atoms with Crippen molar-refractivity contribution in [1.82, 2.24) is 9.13 Å². The van der Waals surface area contributed by atoms with Gasteiger partial charge in [-0.3, -0.25) is 0 Å². The summed E-state index contributed by atoms with van der Waals surface area (Å²) in [7, 11) is 1.67. The highest BCUT2D eigenvalue weighted by molar-refractivity contribution is 5.93. The molecule has 0 amide bonds. The van der Waals surface area contributed by atoms with Gasteiger partial charge in [-0.25, -0.2) is 0 Å². The van der Waals surface area contributed by atoms with E-state index < -0.39 is 0 Å². The standard InChI is InChI=1S/C49H36N2O2/c1-34-4-24-42(25-5-34)50-46(40-20-12-36(13-21-40)8-10-38-16-28-44(52)29-17-38)32-48-49(50)33-47(51(48)43-26-6-35(2)7-27-43)41-22-14-37(15-23-41)9-11-39-18-30-45(53-3)31-19-39/h4-7,12-33,52H,1-3H3. The van der Waals surface area contributed by atoms with E-state index >= 15 is 0 Å². The molecule has 6 aromatic carbocycles. The van der Waals surface area contributed by atoms with Crippen molar-refractivity contribution in [3.05, 3.63) is 191 Å². The van der Waals surface area contributed by atoms with Crippen molar-refractivity contribution in [2.45, 2.75) is 13.8 Å². The Bertz CT molecular complexity index is 2670. The average Bonchev–Trinajstić information content (AvgIpc) is 3.75. The van der Waals surface area contributed by atoms with Gasteiger partial charge in [-0.05, 0) is 134 Å². The number of aromatic hydroxyl groups is 1. The minimum Gasteiger partial charge on any atom is -0.508 e. The molecule has 8 rings (SSSR count). The summed E-state index contributed by atoms with van der Waals surface area (Å²) in [6.07, 6.45) is 0. The van der Waals surface area contributed by atoms with Gasteiger partial charge < -0.3 is 19.0 Å². The molecule has 4 nitrogen and oxygen atoms in total. The highest BCUT2D eigenvalue weighted by Gasteiger charge is 2.21. The third-order valence-electron chi connectivity index (χ3n) is 9.38. The van der Waals surface area contributed by atoms with E-state index in [2.05, 4.69) is 156 Å². The van der Waals surface area contributed by atoms with Crippen LogP contribution in [0.25, 0.3) is 44.9 Å². The van der Waals surface area contributed by atoms with Gasteiger partial charge in [0.15, 0.2) is 0 Å². The maximum atomic E-state index is 9.62.